The van der Waals surface area contributed by atoms with E-state index in [1.165, 1.54) is 0 Å². The molecule has 2 rings (SSSR count). The molecule has 1 aliphatic rings. The third-order valence-corrected chi connectivity index (χ3v) is 4.37. The molecule has 1 atom stereocenters. The summed E-state index contributed by atoms with van der Waals surface area (Å²) in [6, 6.07) is 7.65. The Kier molecular flexibility index (Phi) is 5.86. The minimum atomic E-state index is -0.407. The lowest BCUT2D eigenvalue weighted by Crippen LogP contribution is -2.48. The van der Waals surface area contributed by atoms with Crippen molar-refractivity contribution in [2.75, 3.05) is 20.2 Å². The predicted molar refractivity (Wildman–Crippen MR) is 93.6 cm³/mol. The molecule has 0 saturated carbocycles. The zero-order valence-electron chi connectivity index (χ0n) is 15.1. The molecule has 1 unspecified atom stereocenters. The number of ether oxygens (including phenoxy) is 1. The molecule has 1 saturated heterocycles. The molecule has 1 aliphatic heterocycles. The number of hydrogen-bond acceptors (Lipinski definition) is 3. The Morgan fingerprint density at radius 3 is 2.67 bits per heavy atom. The fourth-order valence-electron chi connectivity index (χ4n) is 3.03. The molecule has 0 spiro atoms. The van der Waals surface area contributed by atoms with Crippen LogP contribution in [0.3, 0.4) is 0 Å². The summed E-state index contributed by atoms with van der Waals surface area (Å²) in [4.78, 5) is 26.8. The van der Waals surface area contributed by atoms with Gasteiger partial charge in [0.15, 0.2) is 0 Å². The van der Waals surface area contributed by atoms with Gasteiger partial charge in [-0.15, -0.1) is 0 Å². The summed E-state index contributed by atoms with van der Waals surface area (Å²) in [7, 11) is 1.62. The van der Waals surface area contributed by atoms with Gasteiger partial charge in [-0.1, -0.05) is 39.0 Å². The van der Waals surface area contributed by atoms with Gasteiger partial charge in [-0.3, -0.25) is 9.59 Å². The Morgan fingerprint density at radius 2 is 2.00 bits per heavy atom. The van der Waals surface area contributed by atoms with Gasteiger partial charge in [0, 0.05) is 30.6 Å². The predicted octanol–water partition coefficient (Wildman–Crippen LogP) is 2.60. The highest BCUT2D eigenvalue weighted by Crippen LogP contribution is 2.24. The highest BCUT2D eigenvalue weighted by molar-refractivity contribution is 5.83. The first-order valence-electron chi connectivity index (χ1n) is 8.52. The lowest BCUT2D eigenvalue weighted by Gasteiger charge is -2.35. The molecule has 0 aromatic heterocycles. The van der Waals surface area contributed by atoms with Crippen molar-refractivity contribution < 1.29 is 14.3 Å². The van der Waals surface area contributed by atoms with Gasteiger partial charge < -0.3 is 15.0 Å². The molecule has 5 heteroatoms. The third-order valence-electron chi connectivity index (χ3n) is 4.37. The van der Waals surface area contributed by atoms with E-state index in [4.69, 9.17) is 4.74 Å². The average Bonchev–Trinajstić information content (AvgIpc) is 2.58. The number of carbonyl (C=O) groups excluding carboxylic acids is 2. The topological polar surface area (TPSA) is 58.6 Å². The van der Waals surface area contributed by atoms with E-state index in [1.54, 1.807) is 7.11 Å². The summed E-state index contributed by atoms with van der Waals surface area (Å²) < 4.78 is 5.30. The molecule has 1 aromatic rings. The summed E-state index contributed by atoms with van der Waals surface area (Å²) >= 11 is 0. The molecular formula is C19H28N2O3. The molecule has 1 heterocycles. The van der Waals surface area contributed by atoms with Crippen LogP contribution in [0.2, 0.25) is 0 Å². The van der Waals surface area contributed by atoms with E-state index >= 15 is 0 Å². The number of rotatable bonds is 4. The maximum Gasteiger partial charge on any atom is 0.227 e. The second-order valence-corrected chi connectivity index (χ2v) is 7.37. The van der Waals surface area contributed by atoms with Crippen LogP contribution in [0.5, 0.6) is 5.75 Å². The SMILES string of the molecule is COc1ccccc1CNC(=O)C1CCCN(C(=O)C(C)(C)C)C1. The van der Waals surface area contributed by atoms with Gasteiger partial charge in [0.05, 0.1) is 13.0 Å². The van der Waals surface area contributed by atoms with E-state index in [1.807, 2.05) is 49.9 Å². The smallest absolute Gasteiger partial charge is 0.227 e. The van der Waals surface area contributed by atoms with Gasteiger partial charge in [-0.25, -0.2) is 0 Å². The van der Waals surface area contributed by atoms with Gasteiger partial charge in [-0.2, -0.15) is 0 Å². The fraction of sp³-hybridized carbons (Fsp3) is 0.579. The Bertz CT molecular complexity index is 593. The van der Waals surface area contributed by atoms with E-state index in [9.17, 15) is 9.59 Å². The van der Waals surface area contributed by atoms with E-state index in [0.29, 0.717) is 13.1 Å². The summed E-state index contributed by atoms with van der Waals surface area (Å²) in [5, 5.41) is 2.98. The molecular weight excluding hydrogens is 304 g/mol. The summed E-state index contributed by atoms with van der Waals surface area (Å²) in [5.74, 6) is 0.753. The number of amides is 2. The molecule has 1 aromatic carbocycles. The highest BCUT2D eigenvalue weighted by Gasteiger charge is 2.33. The molecule has 0 bridgehead atoms. The summed E-state index contributed by atoms with van der Waals surface area (Å²) in [5.41, 5.74) is 0.544. The number of likely N-dealkylation sites (tertiary alicyclic amines) is 1. The monoisotopic (exact) mass is 332 g/mol. The number of benzene rings is 1. The van der Waals surface area contributed by atoms with Crippen molar-refractivity contribution in [3.63, 3.8) is 0 Å². The Morgan fingerprint density at radius 1 is 1.29 bits per heavy atom. The Labute approximate surface area is 144 Å². The molecule has 0 radical (unpaired) electrons. The van der Waals surface area contributed by atoms with Crippen molar-refractivity contribution in [3.05, 3.63) is 29.8 Å². The van der Waals surface area contributed by atoms with Crippen LogP contribution in [0.4, 0.5) is 0 Å². The molecule has 1 N–H and O–H groups in total. The Hall–Kier alpha value is -2.04. The number of nitrogens with one attached hydrogen (secondary N) is 1. The van der Waals surface area contributed by atoms with Crippen LogP contribution in [0.1, 0.15) is 39.2 Å². The number of hydrogen-bond donors (Lipinski definition) is 1. The van der Waals surface area contributed by atoms with Gasteiger partial charge in [0.1, 0.15) is 5.75 Å². The molecule has 2 amide bonds. The normalized spacial score (nSPS) is 18.2. The average molecular weight is 332 g/mol. The minimum absolute atomic E-state index is 0.00677. The van der Waals surface area contributed by atoms with Crippen LogP contribution in [-0.4, -0.2) is 36.9 Å². The summed E-state index contributed by atoms with van der Waals surface area (Å²) in [6.45, 7) is 7.44. The van der Waals surface area contributed by atoms with Crippen LogP contribution in [-0.2, 0) is 16.1 Å². The molecule has 24 heavy (non-hydrogen) atoms. The second-order valence-electron chi connectivity index (χ2n) is 7.37. The first-order valence-corrected chi connectivity index (χ1v) is 8.52. The van der Waals surface area contributed by atoms with E-state index in [-0.39, 0.29) is 17.7 Å². The molecule has 0 aliphatic carbocycles. The number of carbonyl (C=O) groups is 2. The minimum Gasteiger partial charge on any atom is -0.496 e. The van der Waals surface area contributed by atoms with E-state index < -0.39 is 5.41 Å². The van der Waals surface area contributed by atoms with Gasteiger partial charge >= 0.3 is 0 Å². The fourth-order valence-corrected chi connectivity index (χ4v) is 3.03. The van der Waals surface area contributed by atoms with Gasteiger partial charge in [0.2, 0.25) is 11.8 Å². The maximum absolute atomic E-state index is 12.5. The van der Waals surface area contributed by atoms with Crippen LogP contribution in [0, 0.1) is 11.3 Å². The largest absolute Gasteiger partial charge is 0.496 e. The van der Waals surface area contributed by atoms with E-state index in [2.05, 4.69) is 5.32 Å². The molecule has 132 valence electrons. The first-order chi connectivity index (χ1) is 11.3. The second kappa shape index (κ2) is 7.69. The number of nitrogens with zero attached hydrogens (tertiary/aromatic N) is 1. The number of methoxy groups -OCH3 is 1. The lowest BCUT2D eigenvalue weighted by atomic mass is 9.91. The van der Waals surface area contributed by atoms with Crippen LogP contribution in [0.25, 0.3) is 0 Å². The van der Waals surface area contributed by atoms with E-state index in [0.717, 1.165) is 30.7 Å². The van der Waals surface area contributed by atoms with Crippen molar-refractivity contribution in [1.82, 2.24) is 10.2 Å². The quantitative estimate of drug-likeness (QED) is 0.922. The first kappa shape index (κ1) is 18.3. The van der Waals surface area contributed by atoms with Gasteiger partial charge in [-0.05, 0) is 18.9 Å². The van der Waals surface area contributed by atoms with Crippen molar-refractivity contribution in [1.29, 1.82) is 0 Å². The van der Waals surface area contributed by atoms with Crippen molar-refractivity contribution >= 4 is 11.8 Å². The molecule has 1 fully saturated rings. The van der Waals surface area contributed by atoms with Crippen molar-refractivity contribution in [3.8, 4) is 5.75 Å². The number of para-hydroxylation sites is 1. The van der Waals surface area contributed by atoms with Crippen molar-refractivity contribution in [2.24, 2.45) is 11.3 Å². The third kappa shape index (κ3) is 4.49. The zero-order chi connectivity index (χ0) is 17.7. The van der Waals surface area contributed by atoms with Gasteiger partial charge in [0.25, 0.3) is 0 Å². The van der Waals surface area contributed by atoms with Crippen LogP contribution < -0.4 is 10.1 Å². The number of piperidine rings is 1. The lowest BCUT2D eigenvalue weighted by molar-refractivity contribution is -0.142. The van der Waals surface area contributed by atoms with Crippen molar-refractivity contribution in [2.45, 2.75) is 40.2 Å². The standard InChI is InChI=1S/C19H28N2O3/c1-19(2,3)18(23)21-11-7-9-15(13-21)17(22)20-12-14-8-5-6-10-16(14)24-4/h5-6,8,10,15H,7,9,11-13H2,1-4H3,(H,20,22). The summed E-state index contributed by atoms with van der Waals surface area (Å²) in [6.07, 6.45) is 1.69. The zero-order valence-corrected chi connectivity index (χ0v) is 15.1. The van der Waals surface area contributed by atoms with Crippen LogP contribution in [0.15, 0.2) is 24.3 Å². The maximum atomic E-state index is 12.5. The highest BCUT2D eigenvalue weighted by atomic mass is 16.5. The van der Waals surface area contributed by atoms with Crippen LogP contribution >= 0.6 is 0 Å². The molecule has 5 nitrogen and oxygen atoms in total. The Balaban J connectivity index is 1.93.